The van der Waals surface area contributed by atoms with Gasteiger partial charge in [0.2, 0.25) is 0 Å². The molecule has 0 N–H and O–H groups in total. The first-order valence-corrected chi connectivity index (χ1v) is 5.38. The van der Waals surface area contributed by atoms with E-state index in [0.717, 1.165) is 21.7 Å². The number of benzene rings is 1. The summed E-state index contributed by atoms with van der Waals surface area (Å²) >= 11 is 6.02. The molecule has 0 saturated carbocycles. The number of rotatable bonds is 1. The molecule has 1 aromatic rings. The van der Waals surface area contributed by atoms with E-state index in [1.54, 1.807) is 6.92 Å². The molecule has 0 bridgehead atoms. The van der Waals surface area contributed by atoms with Crippen molar-refractivity contribution in [2.45, 2.75) is 20.8 Å². The molecule has 0 saturated heterocycles. The van der Waals surface area contributed by atoms with Crippen molar-refractivity contribution in [2.75, 3.05) is 6.61 Å². The summed E-state index contributed by atoms with van der Waals surface area (Å²) in [5, 5.41) is 0.738. The van der Waals surface area contributed by atoms with Gasteiger partial charge in [-0.15, -0.1) is 0 Å². The summed E-state index contributed by atoms with van der Waals surface area (Å²) in [7, 11) is 0. The maximum Gasteiger partial charge on any atom is 0.384 e. The second-order valence-electron chi connectivity index (χ2n) is 3.39. The van der Waals surface area contributed by atoms with Crippen molar-refractivity contribution < 1.29 is 9.53 Å². The maximum absolute atomic E-state index is 11.0. The molecule has 0 aliphatic heterocycles. The first-order valence-electron chi connectivity index (χ1n) is 5.00. The highest BCUT2D eigenvalue weighted by atomic mass is 35.5. The molecule has 1 aromatic carbocycles. The van der Waals surface area contributed by atoms with Crippen LogP contribution >= 0.6 is 11.6 Å². The van der Waals surface area contributed by atoms with E-state index in [4.69, 9.17) is 16.3 Å². The molecular formula is C13H13ClO2. The van der Waals surface area contributed by atoms with E-state index in [2.05, 4.69) is 11.8 Å². The lowest BCUT2D eigenvalue weighted by Crippen LogP contribution is -1.99. The highest BCUT2D eigenvalue weighted by Crippen LogP contribution is 2.21. The van der Waals surface area contributed by atoms with Crippen LogP contribution in [0.15, 0.2) is 12.1 Å². The first-order chi connectivity index (χ1) is 7.54. The van der Waals surface area contributed by atoms with E-state index in [1.807, 2.05) is 26.0 Å². The van der Waals surface area contributed by atoms with Crippen molar-refractivity contribution in [3.8, 4) is 11.8 Å². The SMILES string of the molecule is CCOC(=O)C#Cc1cc(C)c(Cl)c(C)c1. The van der Waals surface area contributed by atoms with Crippen LogP contribution in [-0.4, -0.2) is 12.6 Å². The molecule has 0 aliphatic carbocycles. The molecule has 0 heterocycles. The predicted octanol–water partition coefficient (Wildman–Crippen LogP) is 2.87. The van der Waals surface area contributed by atoms with E-state index < -0.39 is 5.97 Å². The summed E-state index contributed by atoms with van der Waals surface area (Å²) in [5.41, 5.74) is 2.68. The molecule has 0 aliphatic rings. The third-order valence-electron chi connectivity index (χ3n) is 2.02. The molecule has 0 unspecified atom stereocenters. The van der Waals surface area contributed by atoms with Gasteiger partial charge >= 0.3 is 5.97 Å². The van der Waals surface area contributed by atoms with Gasteiger partial charge in [0, 0.05) is 16.5 Å². The summed E-state index contributed by atoms with van der Waals surface area (Å²) in [6.07, 6.45) is 0. The van der Waals surface area contributed by atoms with Crippen LogP contribution in [0.4, 0.5) is 0 Å². The van der Waals surface area contributed by atoms with Crippen molar-refractivity contribution in [3.05, 3.63) is 33.8 Å². The highest BCUT2D eigenvalue weighted by molar-refractivity contribution is 6.32. The van der Waals surface area contributed by atoms with Gasteiger partial charge in [0.15, 0.2) is 0 Å². The van der Waals surface area contributed by atoms with Crippen LogP contribution < -0.4 is 0 Å². The Morgan fingerprint density at radius 2 is 1.94 bits per heavy atom. The number of carbonyl (C=O) groups excluding carboxylic acids is 1. The lowest BCUT2D eigenvalue weighted by molar-refractivity contribution is -0.136. The number of hydrogen-bond acceptors (Lipinski definition) is 2. The standard InChI is InChI=1S/C13H13ClO2/c1-4-16-12(15)6-5-11-7-9(2)13(14)10(3)8-11/h7-8H,4H2,1-3H3. The fourth-order valence-electron chi connectivity index (χ4n) is 1.31. The van der Waals surface area contributed by atoms with Gasteiger partial charge in [0.25, 0.3) is 0 Å². The smallest absolute Gasteiger partial charge is 0.384 e. The van der Waals surface area contributed by atoms with Gasteiger partial charge in [-0.3, -0.25) is 0 Å². The van der Waals surface area contributed by atoms with Crippen LogP contribution in [0.25, 0.3) is 0 Å². The average Bonchev–Trinajstić information content (AvgIpc) is 2.23. The summed E-state index contributed by atoms with van der Waals surface area (Å²) in [5.74, 6) is 4.67. The van der Waals surface area contributed by atoms with Gasteiger partial charge in [0.1, 0.15) is 0 Å². The Kier molecular flexibility index (Phi) is 4.39. The molecular weight excluding hydrogens is 224 g/mol. The van der Waals surface area contributed by atoms with Gasteiger partial charge in [-0.2, -0.15) is 0 Å². The Morgan fingerprint density at radius 3 is 2.44 bits per heavy atom. The highest BCUT2D eigenvalue weighted by Gasteiger charge is 2.01. The molecule has 0 amide bonds. The van der Waals surface area contributed by atoms with E-state index >= 15 is 0 Å². The number of halogens is 1. The zero-order valence-corrected chi connectivity index (χ0v) is 10.3. The zero-order chi connectivity index (χ0) is 12.1. The number of ether oxygens (including phenoxy) is 1. The Balaban J connectivity index is 2.94. The quantitative estimate of drug-likeness (QED) is 0.554. The van der Waals surface area contributed by atoms with Gasteiger partial charge in [-0.25, -0.2) is 4.79 Å². The molecule has 1 rings (SSSR count). The zero-order valence-electron chi connectivity index (χ0n) is 9.56. The first kappa shape index (κ1) is 12.6. The predicted molar refractivity (Wildman–Crippen MR) is 64.4 cm³/mol. The Morgan fingerprint density at radius 1 is 1.38 bits per heavy atom. The fraction of sp³-hybridized carbons (Fsp3) is 0.308. The molecule has 3 heteroatoms. The van der Waals surface area contributed by atoms with Gasteiger partial charge in [0.05, 0.1) is 6.61 Å². The van der Waals surface area contributed by atoms with Crippen molar-refractivity contribution in [3.63, 3.8) is 0 Å². The van der Waals surface area contributed by atoms with Crippen molar-refractivity contribution in [1.82, 2.24) is 0 Å². The number of hydrogen-bond donors (Lipinski definition) is 0. The monoisotopic (exact) mass is 236 g/mol. The second kappa shape index (κ2) is 5.58. The summed E-state index contributed by atoms with van der Waals surface area (Å²) in [4.78, 5) is 11.0. The van der Waals surface area contributed by atoms with E-state index in [-0.39, 0.29) is 0 Å². The molecule has 0 atom stereocenters. The van der Waals surface area contributed by atoms with Crippen LogP contribution in [0.3, 0.4) is 0 Å². The second-order valence-corrected chi connectivity index (χ2v) is 3.77. The van der Waals surface area contributed by atoms with Crippen LogP contribution in [0, 0.1) is 25.7 Å². The topological polar surface area (TPSA) is 26.3 Å². The lowest BCUT2D eigenvalue weighted by atomic mass is 10.1. The van der Waals surface area contributed by atoms with Crippen LogP contribution in [0.1, 0.15) is 23.6 Å². The normalized spacial score (nSPS) is 9.25. The largest absolute Gasteiger partial charge is 0.456 e. The molecule has 0 fully saturated rings. The maximum atomic E-state index is 11.0. The lowest BCUT2D eigenvalue weighted by Gasteiger charge is -2.02. The average molecular weight is 237 g/mol. The van der Waals surface area contributed by atoms with E-state index in [1.165, 1.54) is 0 Å². The van der Waals surface area contributed by atoms with Crippen molar-refractivity contribution in [2.24, 2.45) is 0 Å². The molecule has 0 spiro atoms. The Bertz CT molecular complexity index is 444. The third-order valence-corrected chi connectivity index (χ3v) is 2.62. The van der Waals surface area contributed by atoms with Crippen LogP contribution in [-0.2, 0) is 9.53 Å². The van der Waals surface area contributed by atoms with Gasteiger partial charge in [-0.1, -0.05) is 17.5 Å². The minimum atomic E-state index is -0.507. The fourth-order valence-corrected chi connectivity index (χ4v) is 1.42. The summed E-state index contributed by atoms with van der Waals surface area (Å²) < 4.78 is 4.71. The molecule has 16 heavy (non-hydrogen) atoms. The number of carbonyl (C=O) groups is 1. The Hall–Kier alpha value is -1.46. The van der Waals surface area contributed by atoms with Gasteiger partial charge in [-0.05, 0) is 44.0 Å². The summed E-state index contributed by atoms with van der Waals surface area (Å²) in [6.45, 7) is 5.90. The number of esters is 1. The van der Waals surface area contributed by atoms with Crippen molar-refractivity contribution in [1.29, 1.82) is 0 Å². The van der Waals surface area contributed by atoms with Crippen LogP contribution in [0.2, 0.25) is 5.02 Å². The van der Waals surface area contributed by atoms with Gasteiger partial charge < -0.3 is 4.74 Å². The minimum absolute atomic E-state index is 0.339. The molecule has 0 aromatic heterocycles. The number of aryl methyl sites for hydroxylation is 2. The minimum Gasteiger partial charge on any atom is -0.456 e. The Labute approximate surface area is 101 Å². The van der Waals surface area contributed by atoms with Crippen molar-refractivity contribution >= 4 is 17.6 Å². The molecule has 84 valence electrons. The third kappa shape index (κ3) is 3.29. The molecule has 0 radical (unpaired) electrons. The van der Waals surface area contributed by atoms with Crippen LogP contribution in [0.5, 0.6) is 0 Å². The molecule has 2 nitrogen and oxygen atoms in total. The van der Waals surface area contributed by atoms with E-state index in [9.17, 15) is 4.79 Å². The van der Waals surface area contributed by atoms with E-state index in [0.29, 0.717) is 6.61 Å². The summed E-state index contributed by atoms with van der Waals surface area (Å²) in [6, 6.07) is 3.70.